The topological polar surface area (TPSA) is 68.0 Å². The lowest BCUT2D eigenvalue weighted by Gasteiger charge is -2.07. The van der Waals surface area contributed by atoms with Crippen molar-refractivity contribution >= 4 is 28.1 Å². The summed E-state index contributed by atoms with van der Waals surface area (Å²) in [5, 5.41) is 4.32. The van der Waals surface area contributed by atoms with Crippen LogP contribution in [0.15, 0.2) is 23.6 Å². The molecule has 0 aliphatic heterocycles. The molecule has 0 atom stereocenters. The molecular weight excluding hydrogens is 241 g/mol. The van der Waals surface area contributed by atoms with E-state index < -0.39 is 11.7 Å². The van der Waals surface area contributed by atoms with Crippen molar-refractivity contribution in [3.05, 3.63) is 40.7 Å². The van der Waals surface area contributed by atoms with Gasteiger partial charge in [-0.15, -0.1) is 11.3 Å². The highest BCUT2D eigenvalue weighted by molar-refractivity contribution is 7.13. The van der Waals surface area contributed by atoms with E-state index in [4.69, 9.17) is 5.73 Å². The van der Waals surface area contributed by atoms with Gasteiger partial charge in [0.2, 0.25) is 0 Å². The molecule has 1 amide bonds. The van der Waals surface area contributed by atoms with Crippen LogP contribution < -0.4 is 11.1 Å². The number of aryl methyl sites for hydroxylation is 1. The largest absolute Gasteiger partial charge is 0.375 e. The van der Waals surface area contributed by atoms with Crippen LogP contribution in [0.25, 0.3) is 0 Å². The van der Waals surface area contributed by atoms with E-state index in [-0.39, 0.29) is 11.4 Å². The van der Waals surface area contributed by atoms with Crippen LogP contribution in [0.5, 0.6) is 0 Å². The Balaban J connectivity index is 2.24. The molecule has 0 saturated carbocycles. The Labute approximate surface area is 101 Å². The monoisotopic (exact) mass is 251 g/mol. The van der Waals surface area contributed by atoms with Gasteiger partial charge in [-0.1, -0.05) is 12.1 Å². The summed E-state index contributed by atoms with van der Waals surface area (Å²) in [5.74, 6) is -0.937. The summed E-state index contributed by atoms with van der Waals surface area (Å²) >= 11 is 1.16. The van der Waals surface area contributed by atoms with Crippen LogP contribution in [-0.4, -0.2) is 10.9 Å². The average molecular weight is 251 g/mol. The van der Waals surface area contributed by atoms with E-state index in [1.54, 1.807) is 19.1 Å². The molecule has 2 aromatic rings. The number of benzene rings is 1. The maximum Gasteiger partial charge on any atom is 0.275 e. The normalized spacial score (nSPS) is 10.2. The third-order valence-electron chi connectivity index (χ3n) is 2.22. The maximum absolute atomic E-state index is 13.5. The molecule has 88 valence electrons. The second-order valence-corrected chi connectivity index (χ2v) is 4.35. The molecule has 1 heterocycles. The van der Waals surface area contributed by atoms with E-state index in [1.807, 2.05) is 0 Å². The lowest BCUT2D eigenvalue weighted by atomic mass is 10.2. The number of nitrogens with zero attached hydrogens (tertiary/aromatic N) is 1. The number of amides is 1. The molecule has 0 radical (unpaired) electrons. The molecular formula is C11H10FN3OS. The third kappa shape index (κ3) is 2.42. The number of anilines is 2. The molecule has 1 aromatic heterocycles. The van der Waals surface area contributed by atoms with Gasteiger partial charge in [-0.05, 0) is 18.6 Å². The van der Waals surface area contributed by atoms with Crippen LogP contribution in [0.4, 0.5) is 15.2 Å². The molecule has 3 N–H and O–H groups in total. The maximum atomic E-state index is 13.5. The summed E-state index contributed by atoms with van der Waals surface area (Å²) < 4.78 is 13.5. The first-order valence-electron chi connectivity index (χ1n) is 4.85. The first-order chi connectivity index (χ1) is 8.08. The fraction of sp³-hybridized carbons (Fsp3) is 0.0909. The van der Waals surface area contributed by atoms with Crippen LogP contribution in [0.2, 0.25) is 0 Å². The zero-order valence-corrected chi connectivity index (χ0v) is 9.84. The quantitative estimate of drug-likeness (QED) is 0.861. The number of nitrogens with two attached hydrogens (primary N) is 1. The van der Waals surface area contributed by atoms with E-state index in [2.05, 4.69) is 10.3 Å². The summed E-state index contributed by atoms with van der Waals surface area (Å²) in [5.41, 5.74) is 6.44. The number of nitrogen functional groups attached to an aromatic ring is 1. The van der Waals surface area contributed by atoms with Crippen molar-refractivity contribution in [3.63, 3.8) is 0 Å². The molecule has 6 heteroatoms. The number of para-hydroxylation sites is 1. The van der Waals surface area contributed by atoms with Crippen molar-refractivity contribution in [2.45, 2.75) is 6.92 Å². The number of rotatable bonds is 2. The Morgan fingerprint density at radius 1 is 1.53 bits per heavy atom. The summed E-state index contributed by atoms with van der Waals surface area (Å²) in [6, 6.07) is 4.59. The highest BCUT2D eigenvalue weighted by atomic mass is 32.1. The first kappa shape index (κ1) is 11.5. The molecule has 2 rings (SSSR count). The number of nitrogens with one attached hydrogen (secondary N) is 1. The minimum Gasteiger partial charge on any atom is -0.375 e. The van der Waals surface area contributed by atoms with Crippen molar-refractivity contribution < 1.29 is 9.18 Å². The van der Waals surface area contributed by atoms with Gasteiger partial charge in [0.1, 0.15) is 11.5 Å². The van der Waals surface area contributed by atoms with Crippen LogP contribution >= 0.6 is 11.3 Å². The average Bonchev–Trinajstić information content (AvgIpc) is 2.70. The Kier molecular flexibility index (Phi) is 3.06. The highest BCUT2D eigenvalue weighted by Gasteiger charge is 2.13. The molecule has 0 unspecified atom stereocenters. The Hall–Kier alpha value is -1.95. The van der Waals surface area contributed by atoms with Crippen molar-refractivity contribution in [2.24, 2.45) is 0 Å². The fourth-order valence-electron chi connectivity index (χ4n) is 1.36. The van der Waals surface area contributed by atoms with Crippen LogP contribution in [0.1, 0.15) is 16.1 Å². The number of hydrogen-bond donors (Lipinski definition) is 2. The second kappa shape index (κ2) is 4.50. The number of hydrogen-bond acceptors (Lipinski definition) is 4. The highest BCUT2D eigenvalue weighted by Crippen LogP contribution is 2.20. The van der Waals surface area contributed by atoms with Crippen LogP contribution in [-0.2, 0) is 0 Å². The van der Waals surface area contributed by atoms with Crippen molar-refractivity contribution in [1.82, 2.24) is 4.98 Å². The summed E-state index contributed by atoms with van der Waals surface area (Å²) in [7, 11) is 0. The lowest BCUT2D eigenvalue weighted by Crippen LogP contribution is -2.14. The fourth-order valence-corrected chi connectivity index (χ4v) is 1.90. The predicted octanol–water partition coefficient (Wildman–Crippen LogP) is 2.43. The van der Waals surface area contributed by atoms with Gasteiger partial charge in [0, 0.05) is 5.38 Å². The van der Waals surface area contributed by atoms with E-state index >= 15 is 0 Å². The van der Waals surface area contributed by atoms with Crippen molar-refractivity contribution in [2.75, 3.05) is 11.1 Å². The van der Waals surface area contributed by atoms with Crippen LogP contribution in [0, 0.1) is 12.7 Å². The molecule has 17 heavy (non-hydrogen) atoms. The summed E-state index contributed by atoms with van der Waals surface area (Å²) in [6.07, 6.45) is 0. The summed E-state index contributed by atoms with van der Waals surface area (Å²) in [6.45, 7) is 1.72. The summed E-state index contributed by atoms with van der Waals surface area (Å²) in [4.78, 5) is 15.6. The standard InChI is InChI=1S/C11H10FN3OS/c1-6-3-2-4-7(12)9(6)15-10(16)8-5-17-11(13)14-8/h2-5H,1H3,(H2,13,14)(H,15,16). The number of thiazole rings is 1. The smallest absolute Gasteiger partial charge is 0.275 e. The Bertz CT molecular complexity index is 547. The second-order valence-electron chi connectivity index (χ2n) is 3.46. The molecule has 4 nitrogen and oxygen atoms in total. The number of aromatic nitrogens is 1. The van der Waals surface area contributed by atoms with E-state index in [0.29, 0.717) is 10.7 Å². The zero-order valence-electron chi connectivity index (χ0n) is 9.03. The van der Waals surface area contributed by atoms with Gasteiger partial charge >= 0.3 is 0 Å². The van der Waals surface area contributed by atoms with E-state index in [9.17, 15) is 9.18 Å². The van der Waals surface area contributed by atoms with E-state index in [1.165, 1.54) is 11.4 Å². The molecule has 0 bridgehead atoms. The molecule has 0 aliphatic rings. The Morgan fingerprint density at radius 3 is 2.88 bits per heavy atom. The number of halogens is 1. The van der Waals surface area contributed by atoms with Crippen molar-refractivity contribution in [3.8, 4) is 0 Å². The zero-order chi connectivity index (χ0) is 12.4. The van der Waals surface area contributed by atoms with Gasteiger partial charge in [0.25, 0.3) is 5.91 Å². The SMILES string of the molecule is Cc1cccc(F)c1NC(=O)c1csc(N)n1. The van der Waals surface area contributed by atoms with Gasteiger partial charge in [-0.3, -0.25) is 4.79 Å². The molecule has 0 fully saturated rings. The molecule has 0 spiro atoms. The lowest BCUT2D eigenvalue weighted by molar-refractivity contribution is 0.102. The molecule has 0 aliphatic carbocycles. The van der Waals surface area contributed by atoms with E-state index in [0.717, 1.165) is 11.3 Å². The minimum absolute atomic E-state index is 0.170. The molecule has 1 aromatic carbocycles. The van der Waals surface area contributed by atoms with Gasteiger partial charge in [0.15, 0.2) is 5.13 Å². The Morgan fingerprint density at radius 2 is 2.29 bits per heavy atom. The minimum atomic E-state index is -0.471. The third-order valence-corrected chi connectivity index (χ3v) is 2.89. The van der Waals surface area contributed by atoms with Gasteiger partial charge in [-0.25, -0.2) is 9.37 Å². The van der Waals surface area contributed by atoms with Crippen molar-refractivity contribution in [1.29, 1.82) is 0 Å². The molecule has 0 saturated heterocycles. The number of carbonyl (C=O) groups is 1. The predicted molar refractivity (Wildman–Crippen MR) is 65.6 cm³/mol. The van der Waals surface area contributed by atoms with Gasteiger partial charge in [0.05, 0.1) is 5.69 Å². The van der Waals surface area contributed by atoms with Crippen LogP contribution in [0.3, 0.4) is 0 Å². The van der Waals surface area contributed by atoms with Gasteiger partial charge in [-0.2, -0.15) is 0 Å². The first-order valence-corrected chi connectivity index (χ1v) is 5.73. The number of carbonyl (C=O) groups excluding carboxylic acids is 1. The van der Waals surface area contributed by atoms with Gasteiger partial charge < -0.3 is 11.1 Å².